The van der Waals surface area contributed by atoms with Crippen molar-refractivity contribution in [2.24, 2.45) is 5.73 Å². The molecule has 0 unspecified atom stereocenters. The molecule has 1 atom stereocenters. The number of rotatable bonds is 1. The van der Waals surface area contributed by atoms with Crippen LogP contribution >= 0.6 is 0 Å². The molecule has 5 nitrogen and oxygen atoms in total. The molecule has 0 aliphatic carbocycles. The number of hydrogen-bond donors (Lipinski definition) is 1. The second-order valence-electron chi connectivity index (χ2n) is 3.50. The minimum atomic E-state index is -0.400. The van der Waals surface area contributed by atoms with E-state index in [4.69, 9.17) is 10.2 Å². The van der Waals surface area contributed by atoms with E-state index in [2.05, 4.69) is 4.98 Å². The van der Waals surface area contributed by atoms with Crippen LogP contribution < -0.4 is 5.73 Å². The molecule has 1 fully saturated rings. The third-order valence-electron chi connectivity index (χ3n) is 2.46. The average Bonchev–Trinajstić information content (AvgIpc) is 2.70. The summed E-state index contributed by atoms with van der Waals surface area (Å²) in [6, 6.07) is -0.468. The van der Waals surface area contributed by atoms with Crippen LogP contribution in [0.15, 0.2) is 10.6 Å². The fourth-order valence-electron chi connectivity index (χ4n) is 1.81. The summed E-state index contributed by atoms with van der Waals surface area (Å²) in [5.41, 5.74) is 5.25. The molecule has 1 saturated heterocycles. The van der Waals surface area contributed by atoms with Crippen LogP contribution in [0.3, 0.4) is 0 Å². The van der Waals surface area contributed by atoms with Gasteiger partial charge >= 0.3 is 6.03 Å². The Morgan fingerprint density at radius 1 is 1.79 bits per heavy atom. The Kier molecular flexibility index (Phi) is 2.15. The highest BCUT2D eigenvalue weighted by Crippen LogP contribution is 2.30. The molecule has 2 N–H and O–H groups in total. The summed E-state index contributed by atoms with van der Waals surface area (Å²) in [6.45, 7) is 2.53. The van der Waals surface area contributed by atoms with Crippen molar-refractivity contribution in [3.05, 3.63) is 17.8 Å². The number of urea groups is 1. The quantitative estimate of drug-likeness (QED) is 0.731. The highest BCUT2D eigenvalue weighted by atomic mass is 16.4. The SMILES string of the molecule is Cc1cnc([C@@H]2CCCN2C(N)=O)o1. The van der Waals surface area contributed by atoms with Gasteiger partial charge in [-0.25, -0.2) is 9.78 Å². The second-order valence-corrected chi connectivity index (χ2v) is 3.50. The number of aryl methyl sites for hydroxylation is 1. The maximum Gasteiger partial charge on any atom is 0.315 e. The Bertz CT molecular complexity index is 348. The Balaban J connectivity index is 2.21. The molecule has 5 heteroatoms. The molecule has 2 amide bonds. The number of hydrogen-bond acceptors (Lipinski definition) is 3. The largest absolute Gasteiger partial charge is 0.444 e. The smallest absolute Gasteiger partial charge is 0.315 e. The monoisotopic (exact) mass is 195 g/mol. The van der Waals surface area contributed by atoms with E-state index in [1.807, 2.05) is 6.92 Å². The third kappa shape index (κ3) is 1.45. The number of carbonyl (C=O) groups excluding carboxylic acids is 1. The van der Waals surface area contributed by atoms with E-state index in [9.17, 15) is 4.79 Å². The topological polar surface area (TPSA) is 72.4 Å². The highest BCUT2D eigenvalue weighted by molar-refractivity contribution is 5.72. The Morgan fingerprint density at radius 2 is 2.57 bits per heavy atom. The third-order valence-corrected chi connectivity index (χ3v) is 2.46. The zero-order chi connectivity index (χ0) is 10.1. The molecule has 1 aromatic rings. The normalized spacial score (nSPS) is 21.5. The molecular formula is C9H13N3O2. The summed E-state index contributed by atoms with van der Waals surface area (Å²) in [4.78, 5) is 16.8. The zero-order valence-electron chi connectivity index (χ0n) is 8.06. The van der Waals surface area contributed by atoms with E-state index >= 15 is 0 Å². The number of aromatic nitrogens is 1. The summed E-state index contributed by atoms with van der Waals surface area (Å²) in [7, 11) is 0. The van der Waals surface area contributed by atoms with Crippen LogP contribution in [0.2, 0.25) is 0 Å². The molecule has 76 valence electrons. The second kappa shape index (κ2) is 3.32. The van der Waals surface area contributed by atoms with Gasteiger partial charge in [0.25, 0.3) is 0 Å². The van der Waals surface area contributed by atoms with Crippen LogP contribution in [0.25, 0.3) is 0 Å². The molecule has 0 saturated carbocycles. The summed E-state index contributed by atoms with van der Waals surface area (Å²) in [5, 5.41) is 0. The lowest BCUT2D eigenvalue weighted by Gasteiger charge is -2.19. The van der Waals surface area contributed by atoms with Gasteiger partial charge in [0.05, 0.1) is 6.20 Å². The highest BCUT2D eigenvalue weighted by Gasteiger charge is 2.31. The number of nitrogens with two attached hydrogens (primary N) is 1. The Labute approximate surface area is 81.9 Å². The van der Waals surface area contributed by atoms with Crippen molar-refractivity contribution in [2.75, 3.05) is 6.54 Å². The number of likely N-dealkylation sites (tertiary alicyclic amines) is 1. The van der Waals surface area contributed by atoms with Gasteiger partial charge in [0.2, 0.25) is 5.89 Å². The van der Waals surface area contributed by atoms with Crippen molar-refractivity contribution in [3.63, 3.8) is 0 Å². The molecule has 1 aromatic heterocycles. The van der Waals surface area contributed by atoms with Crippen LogP contribution in [0, 0.1) is 6.92 Å². The first-order chi connectivity index (χ1) is 6.68. The first-order valence-corrected chi connectivity index (χ1v) is 4.67. The van der Waals surface area contributed by atoms with Gasteiger partial charge in [0.1, 0.15) is 11.8 Å². The standard InChI is InChI=1S/C9H13N3O2/c1-6-5-11-8(14-6)7-3-2-4-12(7)9(10)13/h5,7H,2-4H2,1H3,(H2,10,13)/t7-/m0/s1. The zero-order valence-corrected chi connectivity index (χ0v) is 8.06. The van der Waals surface area contributed by atoms with Gasteiger partial charge in [-0.1, -0.05) is 0 Å². The first kappa shape index (κ1) is 9.05. The van der Waals surface area contributed by atoms with Gasteiger partial charge in [-0.15, -0.1) is 0 Å². The van der Waals surface area contributed by atoms with E-state index < -0.39 is 6.03 Å². The van der Waals surface area contributed by atoms with Crippen molar-refractivity contribution in [1.29, 1.82) is 0 Å². The molecule has 0 aromatic carbocycles. The molecule has 0 radical (unpaired) electrons. The van der Waals surface area contributed by atoms with Crippen LogP contribution in [0.5, 0.6) is 0 Å². The summed E-state index contributed by atoms with van der Waals surface area (Å²) < 4.78 is 5.39. The predicted molar refractivity (Wildman–Crippen MR) is 49.5 cm³/mol. The number of amides is 2. The minimum Gasteiger partial charge on any atom is -0.444 e. The summed E-state index contributed by atoms with van der Waals surface area (Å²) in [6.07, 6.45) is 3.49. The summed E-state index contributed by atoms with van der Waals surface area (Å²) >= 11 is 0. The van der Waals surface area contributed by atoms with Gasteiger partial charge < -0.3 is 15.1 Å². The fraction of sp³-hybridized carbons (Fsp3) is 0.556. The van der Waals surface area contributed by atoms with Crippen molar-refractivity contribution >= 4 is 6.03 Å². The summed E-state index contributed by atoms with van der Waals surface area (Å²) in [5.74, 6) is 1.36. The number of oxazole rings is 1. The minimum absolute atomic E-state index is 0.0683. The molecular weight excluding hydrogens is 182 g/mol. The Morgan fingerprint density at radius 3 is 3.14 bits per heavy atom. The van der Waals surface area contributed by atoms with Crippen LogP contribution in [0.1, 0.15) is 30.5 Å². The molecule has 1 aliphatic rings. The Hall–Kier alpha value is -1.52. The van der Waals surface area contributed by atoms with Gasteiger partial charge in [-0.3, -0.25) is 0 Å². The van der Waals surface area contributed by atoms with Crippen molar-refractivity contribution in [1.82, 2.24) is 9.88 Å². The molecule has 0 spiro atoms. The van der Waals surface area contributed by atoms with Crippen LogP contribution in [-0.2, 0) is 0 Å². The van der Waals surface area contributed by atoms with Crippen molar-refractivity contribution in [2.45, 2.75) is 25.8 Å². The molecule has 2 rings (SSSR count). The first-order valence-electron chi connectivity index (χ1n) is 4.67. The van der Waals surface area contributed by atoms with E-state index in [0.717, 1.165) is 18.6 Å². The molecule has 1 aliphatic heterocycles. The lowest BCUT2D eigenvalue weighted by Crippen LogP contribution is -2.35. The molecule has 2 heterocycles. The number of primary amides is 1. The van der Waals surface area contributed by atoms with Gasteiger partial charge in [0, 0.05) is 6.54 Å². The van der Waals surface area contributed by atoms with E-state index in [0.29, 0.717) is 12.4 Å². The van der Waals surface area contributed by atoms with Gasteiger partial charge in [-0.2, -0.15) is 0 Å². The average molecular weight is 195 g/mol. The van der Waals surface area contributed by atoms with Gasteiger partial charge in [-0.05, 0) is 19.8 Å². The number of nitrogens with zero attached hydrogens (tertiary/aromatic N) is 2. The van der Waals surface area contributed by atoms with Crippen LogP contribution in [-0.4, -0.2) is 22.5 Å². The van der Waals surface area contributed by atoms with E-state index in [1.54, 1.807) is 11.1 Å². The van der Waals surface area contributed by atoms with Crippen LogP contribution in [0.4, 0.5) is 4.79 Å². The molecule has 14 heavy (non-hydrogen) atoms. The molecule has 0 bridgehead atoms. The number of carbonyl (C=O) groups is 1. The lowest BCUT2D eigenvalue weighted by atomic mass is 10.2. The van der Waals surface area contributed by atoms with Crippen molar-refractivity contribution in [3.8, 4) is 0 Å². The predicted octanol–water partition coefficient (Wildman–Crippen LogP) is 1.20. The van der Waals surface area contributed by atoms with Crippen molar-refractivity contribution < 1.29 is 9.21 Å². The maximum absolute atomic E-state index is 11.1. The fourth-order valence-corrected chi connectivity index (χ4v) is 1.81. The van der Waals surface area contributed by atoms with E-state index in [-0.39, 0.29) is 6.04 Å². The lowest BCUT2D eigenvalue weighted by molar-refractivity contribution is 0.193. The van der Waals surface area contributed by atoms with Gasteiger partial charge in [0.15, 0.2) is 0 Å². The maximum atomic E-state index is 11.1. The van der Waals surface area contributed by atoms with E-state index in [1.165, 1.54) is 0 Å².